The number of benzene rings is 1. The predicted octanol–water partition coefficient (Wildman–Crippen LogP) is 1.57. The van der Waals surface area contributed by atoms with Gasteiger partial charge in [-0.1, -0.05) is 0 Å². The standard InChI is InChI=1S/C15H16F3N3O2/c1-19-3-4-21(13(22)8-19)9-5-10-11(7-20(2)14(10)23)12(6-9)15(16,17)18/h5-6H,3-4,7-8H2,1-2H3. The van der Waals surface area contributed by atoms with Crippen molar-refractivity contribution in [3.63, 3.8) is 0 Å². The number of anilines is 1. The zero-order valence-electron chi connectivity index (χ0n) is 12.8. The van der Waals surface area contributed by atoms with Crippen LogP contribution in [0.25, 0.3) is 0 Å². The van der Waals surface area contributed by atoms with Crippen molar-refractivity contribution in [3.05, 3.63) is 28.8 Å². The highest BCUT2D eigenvalue weighted by molar-refractivity contribution is 6.02. The number of amides is 2. The van der Waals surface area contributed by atoms with Crippen LogP contribution in [0, 0.1) is 0 Å². The number of hydrogen-bond acceptors (Lipinski definition) is 3. The van der Waals surface area contributed by atoms with Crippen molar-refractivity contribution in [2.45, 2.75) is 12.7 Å². The monoisotopic (exact) mass is 327 g/mol. The lowest BCUT2D eigenvalue weighted by molar-refractivity contribution is -0.138. The fourth-order valence-electron chi connectivity index (χ4n) is 3.01. The van der Waals surface area contributed by atoms with E-state index >= 15 is 0 Å². The summed E-state index contributed by atoms with van der Waals surface area (Å²) >= 11 is 0. The molecule has 2 aliphatic heterocycles. The van der Waals surface area contributed by atoms with Crippen LogP contribution in [0.5, 0.6) is 0 Å². The second kappa shape index (κ2) is 5.23. The molecule has 3 rings (SSSR count). The molecule has 2 heterocycles. The molecular formula is C15H16F3N3O2. The zero-order valence-corrected chi connectivity index (χ0v) is 12.8. The fraction of sp³-hybridized carbons (Fsp3) is 0.467. The van der Waals surface area contributed by atoms with E-state index in [1.807, 2.05) is 0 Å². The first-order valence-electron chi connectivity index (χ1n) is 7.17. The van der Waals surface area contributed by atoms with Crippen molar-refractivity contribution in [2.75, 3.05) is 38.6 Å². The minimum atomic E-state index is -4.57. The Morgan fingerprint density at radius 3 is 2.35 bits per heavy atom. The van der Waals surface area contributed by atoms with E-state index in [4.69, 9.17) is 0 Å². The molecule has 0 saturated carbocycles. The number of likely N-dealkylation sites (N-methyl/N-ethyl adjacent to an activating group) is 1. The summed E-state index contributed by atoms with van der Waals surface area (Å²) in [5, 5.41) is 0. The van der Waals surface area contributed by atoms with E-state index in [1.165, 1.54) is 22.9 Å². The second-order valence-electron chi connectivity index (χ2n) is 5.96. The number of halogens is 3. The Labute approximate surface area is 131 Å². The van der Waals surface area contributed by atoms with Gasteiger partial charge in [-0.2, -0.15) is 13.2 Å². The van der Waals surface area contributed by atoms with Crippen LogP contribution in [-0.4, -0.2) is 55.3 Å². The second-order valence-corrected chi connectivity index (χ2v) is 5.96. The number of nitrogens with zero attached hydrogens (tertiary/aromatic N) is 3. The molecule has 0 N–H and O–H groups in total. The van der Waals surface area contributed by atoms with Crippen LogP contribution in [0.2, 0.25) is 0 Å². The molecule has 124 valence electrons. The first kappa shape index (κ1) is 15.8. The van der Waals surface area contributed by atoms with Crippen LogP contribution < -0.4 is 4.90 Å². The summed E-state index contributed by atoms with van der Waals surface area (Å²) in [6.45, 7) is 0.944. The zero-order chi connectivity index (χ0) is 16.9. The number of alkyl halides is 3. The molecule has 8 heteroatoms. The van der Waals surface area contributed by atoms with Crippen molar-refractivity contribution in [1.29, 1.82) is 0 Å². The van der Waals surface area contributed by atoms with Gasteiger partial charge in [-0.25, -0.2) is 0 Å². The highest BCUT2D eigenvalue weighted by atomic mass is 19.4. The van der Waals surface area contributed by atoms with Gasteiger partial charge >= 0.3 is 6.18 Å². The van der Waals surface area contributed by atoms with Crippen LogP contribution >= 0.6 is 0 Å². The molecule has 5 nitrogen and oxygen atoms in total. The van der Waals surface area contributed by atoms with Crippen LogP contribution in [0.1, 0.15) is 21.5 Å². The van der Waals surface area contributed by atoms with Gasteiger partial charge in [0.05, 0.1) is 12.1 Å². The molecule has 0 aromatic heterocycles. The average molecular weight is 327 g/mol. The number of rotatable bonds is 1. The SMILES string of the molecule is CN1CCN(c2cc3c(c(C(F)(F)F)c2)CN(C)C3=O)C(=O)C1. The molecule has 0 radical (unpaired) electrons. The van der Waals surface area contributed by atoms with Crippen molar-refractivity contribution in [3.8, 4) is 0 Å². The summed E-state index contributed by atoms with van der Waals surface area (Å²) in [6, 6.07) is 2.38. The number of carbonyl (C=O) groups excluding carboxylic acids is 2. The van der Waals surface area contributed by atoms with Crippen LogP contribution in [-0.2, 0) is 17.5 Å². The molecule has 1 aromatic carbocycles. The Hall–Kier alpha value is -2.09. The van der Waals surface area contributed by atoms with Gasteiger partial charge < -0.3 is 9.80 Å². The lowest BCUT2D eigenvalue weighted by Gasteiger charge is -2.32. The van der Waals surface area contributed by atoms with Gasteiger partial charge in [-0.05, 0) is 24.7 Å². The van der Waals surface area contributed by atoms with E-state index in [0.29, 0.717) is 13.1 Å². The minimum absolute atomic E-state index is 0.0182. The Morgan fingerprint density at radius 2 is 1.74 bits per heavy atom. The third-order valence-corrected chi connectivity index (χ3v) is 4.24. The molecule has 1 saturated heterocycles. The smallest absolute Gasteiger partial charge is 0.337 e. The summed E-state index contributed by atoms with van der Waals surface area (Å²) in [5.74, 6) is -0.723. The summed E-state index contributed by atoms with van der Waals surface area (Å²) < 4.78 is 40.1. The number of piperazine rings is 1. The first-order valence-corrected chi connectivity index (χ1v) is 7.17. The van der Waals surface area contributed by atoms with Gasteiger partial charge in [0.1, 0.15) is 0 Å². The van der Waals surface area contributed by atoms with E-state index in [-0.39, 0.29) is 35.8 Å². The van der Waals surface area contributed by atoms with Gasteiger partial charge in [0, 0.05) is 37.9 Å². The van der Waals surface area contributed by atoms with E-state index in [0.717, 1.165) is 6.07 Å². The third-order valence-electron chi connectivity index (χ3n) is 4.24. The van der Waals surface area contributed by atoms with Gasteiger partial charge in [-0.3, -0.25) is 14.5 Å². The Morgan fingerprint density at radius 1 is 1.04 bits per heavy atom. The van der Waals surface area contributed by atoms with E-state index in [2.05, 4.69) is 0 Å². The van der Waals surface area contributed by atoms with Crippen LogP contribution in [0.4, 0.5) is 18.9 Å². The highest BCUT2D eigenvalue weighted by Gasteiger charge is 2.40. The molecule has 0 unspecified atom stereocenters. The molecule has 0 aliphatic carbocycles. The van der Waals surface area contributed by atoms with Crippen LogP contribution in [0.15, 0.2) is 12.1 Å². The van der Waals surface area contributed by atoms with Crippen molar-refractivity contribution >= 4 is 17.5 Å². The van der Waals surface area contributed by atoms with E-state index in [1.54, 1.807) is 11.9 Å². The molecule has 23 heavy (non-hydrogen) atoms. The molecule has 2 aliphatic rings. The van der Waals surface area contributed by atoms with Crippen molar-refractivity contribution in [1.82, 2.24) is 9.80 Å². The molecule has 1 aromatic rings. The third kappa shape index (κ3) is 2.67. The summed E-state index contributed by atoms with van der Waals surface area (Å²) in [7, 11) is 3.24. The maximum atomic E-state index is 13.4. The van der Waals surface area contributed by atoms with E-state index in [9.17, 15) is 22.8 Å². The fourth-order valence-corrected chi connectivity index (χ4v) is 3.01. The molecular weight excluding hydrogens is 311 g/mol. The summed E-state index contributed by atoms with van der Waals surface area (Å²) in [4.78, 5) is 28.6. The Balaban J connectivity index is 2.10. The largest absolute Gasteiger partial charge is 0.416 e. The molecule has 0 spiro atoms. The number of hydrogen-bond donors (Lipinski definition) is 0. The minimum Gasteiger partial charge on any atom is -0.337 e. The quantitative estimate of drug-likeness (QED) is 0.786. The van der Waals surface area contributed by atoms with Gasteiger partial charge in [0.15, 0.2) is 0 Å². The Bertz CT molecular complexity index is 687. The lowest BCUT2D eigenvalue weighted by atomic mass is 10.0. The predicted molar refractivity (Wildman–Crippen MR) is 77.1 cm³/mol. The maximum absolute atomic E-state index is 13.4. The Kier molecular flexibility index (Phi) is 3.59. The normalized spacial score (nSPS) is 19.5. The van der Waals surface area contributed by atoms with Crippen molar-refractivity contribution in [2.24, 2.45) is 0 Å². The number of carbonyl (C=O) groups is 2. The topological polar surface area (TPSA) is 43.9 Å². The summed E-state index contributed by atoms with van der Waals surface area (Å²) in [6.07, 6.45) is -4.57. The molecule has 0 bridgehead atoms. The van der Waals surface area contributed by atoms with Gasteiger partial charge in [0.2, 0.25) is 5.91 Å². The van der Waals surface area contributed by atoms with Gasteiger partial charge in [0.25, 0.3) is 5.91 Å². The maximum Gasteiger partial charge on any atom is 0.416 e. The van der Waals surface area contributed by atoms with E-state index < -0.39 is 17.6 Å². The summed E-state index contributed by atoms with van der Waals surface area (Å²) in [5.41, 5.74) is -0.688. The molecule has 0 atom stereocenters. The lowest BCUT2D eigenvalue weighted by Crippen LogP contribution is -2.49. The molecule has 1 fully saturated rings. The average Bonchev–Trinajstić information content (AvgIpc) is 2.72. The van der Waals surface area contributed by atoms with Gasteiger partial charge in [-0.15, -0.1) is 0 Å². The molecule has 2 amide bonds. The highest BCUT2D eigenvalue weighted by Crippen LogP contribution is 2.39. The van der Waals surface area contributed by atoms with Crippen molar-refractivity contribution < 1.29 is 22.8 Å². The number of fused-ring (bicyclic) bond motifs is 1. The van der Waals surface area contributed by atoms with Crippen LogP contribution in [0.3, 0.4) is 0 Å². The first-order chi connectivity index (χ1) is 10.7.